The monoisotopic (exact) mass is 306 g/mol. The van der Waals surface area contributed by atoms with E-state index in [0.29, 0.717) is 23.1 Å². The second kappa shape index (κ2) is 4.31. The number of carbonyl (C=O) groups excluding carboxylic acids is 1. The van der Waals surface area contributed by atoms with Crippen molar-refractivity contribution >= 4 is 39.1 Å². The summed E-state index contributed by atoms with van der Waals surface area (Å²) in [7, 11) is 0. The van der Waals surface area contributed by atoms with Crippen LogP contribution in [0.15, 0.2) is 16.6 Å². The van der Waals surface area contributed by atoms with Gasteiger partial charge in [0.2, 0.25) is 5.91 Å². The molecule has 0 radical (unpaired) electrons. The van der Waals surface area contributed by atoms with Crippen LogP contribution >= 0.6 is 27.5 Å². The molecule has 1 fully saturated rings. The van der Waals surface area contributed by atoms with Gasteiger partial charge in [-0.3, -0.25) is 4.79 Å². The van der Waals surface area contributed by atoms with E-state index in [1.807, 2.05) is 0 Å². The first-order valence-electron chi connectivity index (χ1n) is 4.69. The maximum Gasteiger partial charge on any atom is 0.228 e. The smallest absolute Gasteiger partial charge is 0.228 e. The summed E-state index contributed by atoms with van der Waals surface area (Å²) in [6, 6.07) is 2.26. The summed E-state index contributed by atoms with van der Waals surface area (Å²) in [5.74, 6) is -0.543. The molecule has 0 aromatic heterocycles. The van der Waals surface area contributed by atoms with Crippen molar-refractivity contribution in [2.45, 2.75) is 12.5 Å². The van der Waals surface area contributed by atoms with Crippen LogP contribution in [0.3, 0.4) is 0 Å². The Morgan fingerprint density at radius 2 is 2.25 bits per heavy atom. The zero-order valence-electron chi connectivity index (χ0n) is 8.21. The largest absolute Gasteiger partial charge is 0.326 e. The van der Waals surface area contributed by atoms with Crippen LogP contribution in [0.1, 0.15) is 6.42 Å². The average molecular weight is 308 g/mol. The van der Waals surface area contributed by atoms with E-state index < -0.39 is 5.82 Å². The number of anilines is 1. The fourth-order valence-electron chi connectivity index (χ4n) is 1.74. The van der Waals surface area contributed by atoms with Crippen LogP contribution in [0.2, 0.25) is 5.02 Å². The van der Waals surface area contributed by atoms with Crippen molar-refractivity contribution in [3.05, 3.63) is 27.4 Å². The molecular weight excluding hydrogens is 298 g/mol. The summed E-state index contributed by atoms with van der Waals surface area (Å²) in [4.78, 5) is 13.1. The van der Waals surface area contributed by atoms with Gasteiger partial charge in [0.25, 0.3) is 0 Å². The van der Waals surface area contributed by atoms with Crippen LogP contribution in [0.25, 0.3) is 0 Å². The molecule has 1 heterocycles. The van der Waals surface area contributed by atoms with Crippen LogP contribution in [0, 0.1) is 5.82 Å². The third-order valence-corrected chi connectivity index (χ3v) is 3.30. The molecule has 0 saturated carbocycles. The van der Waals surface area contributed by atoms with Gasteiger partial charge in [-0.15, -0.1) is 0 Å². The minimum Gasteiger partial charge on any atom is -0.326 e. The summed E-state index contributed by atoms with van der Waals surface area (Å²) < 4.78 is 13.5. The molecule has 1 aliphatic rings. The number of nitrogens with two attached hydrogens (primary N) is 1. The summed E-state index contributed by atoms with van der Waals surface area (Å²) in [6.45, 7) is 0.406. The van der Waals surface area contributed by atoms with Crippen molar-refractivity contribution in [3.63, 3.8) is 0 Å². The fourth-order valence-corrected chi connectivity index (χ4v) is 2.81. The fraction of sp³-hybridized carbons (Fsp3) is 0.300. The lowest BCUT2D eigenvalue weighted by atomic mass is 10.3. The molecule has 1 saturated heterocycles. The first kappa shape index (κ1) is 11.8. The van der Waals surface area contributed by atoms with Crippen molar-refractivity contribution in [1.82, 2.24) is 0 Å². The number of hydrogen-bond acceptors (Lipinski definition) is 2. The van der Waals surface area contributed by atoms with E-state index in [0.717, 1.165) is 0 Å². The van der Waals surface area contributed by atoms with Crippen molar-refractivity contribution < 1.29 is 9.18 Å². The third-order valence-electron chi connectivity index (χ3n) is 2.41. The SMILES string of the molecule is NC1CC(=O)N(c2c(Cl)cc(F)cc2Br)C1. The molecule has 0 spiro atoms. The Labute approximate surface area is 105 Å². The van der Waals surface area contributed by atoms with Crippen molar-refractivity contribution in [2.24, 2.45) is 5.73 Å². The summed E-state index contributed by atoms with van der Waals surface area (Å²) in [5, 5.41) is 0.203. The highest BCUT2D eigenvalue weighted by Crippen LogP contribution is 2.36. The van der Waals surface area contributed by atoms with Crippen LogP contribution < -0.4 is 10.6 Å². The normalized spacial score (nSPS) is 20.6. The Kier molecular flexibility index (Phi) is 3.19. The van der Waals surface area contributed by atoms with Gasteiger partial charge in [-0.2, -0.15) is 0 Å². The minimum absolute atomic E-state index is 0.0956. The second-order valence-corrected chi connectivity index (χ2v) is 4.95. The molecule has 1 aromatic rings. The number of hydrogen-bond donors (Lipinski definition) is 1. The number of nitrogens with zero attached hydrogens (tertiary/aromatic N) is 1. The van der Waals surface area contributed by atoms with Gasteiger partial charge in [-0.1, -0.05) is 11.6 Å². The highest BCUT2D eigenvalue weighted by Gasteiger charge is 2.30. The predicted molar refractivity (Wildman–Crippen MR) is 64.1 cm³/mol. The Hall–Kier alpha value is -0.650. The molecule has 2 N–H and O–H groups in total. The third kappa shape index (κ3) is 2.07. The predicted octanol–water partition coefficient (Wildman–Crippen LogP) is 2.31. The van der Waals surface area contributed by atoms with Gasteiger partial charge in [0, 0.05) is 23.5 Å². The van der Waals surface area contributed by atoms with E-state index in [4.69, 9.17) is 17.3 Å². The summed E-state index contributed by atoms with van der Waals surface area (Å²) in [6.07, 6.45) is 0.292. The lowest BCUT2D eigenvalue weighted by molar-refractivity contribution is -0.117. The van der Waals surface area contributed by atoms with Crippen LogP contribution in [-0.4, -0.2) is 18.5 Å². The molecule has 86 valence electrons. The van der Waals surface area contributed by atoms with E-state index in [1.165, 1.54) is 17.0 Å². The van der Waals surface area contributed by atoms with Gasteiger partial charge in [-0.05, 0) is 28.1 Å². The van der Waals surface area contributed by atoms with Crippen molar-refractivity contribution in [2.75, 3.05) is 11.4 Å². The number of rotatable bonds is 1. The van der Waals surface area contributed by atoms with Crippen LogP contribution in [0.4, 0.5) is 10.1 Å². The van der Waals surface area contributed by atoms with Crippen molar-refractivity contribution in [1.29, 1.82) is 0 Å². The number of benzene rings is 1. The number of halogens is 3. The van der Waals surface area contributed by atoms with Crippen LogP contribution in [-0.2, 0) is 4.79 Å². The van der Waals surface area contributed by atoms with Gasteiger partial charge in [0.1, 0.15) is 5.82 Å². The first-order chi connectivity index (χ1) is 7.49. The van der Waals surface area contributed by atoms with E-state index >= 15 is 0 Å². The highest BCUT2D eigenvalue weighted by molar-refractivity contribution is 9.10. The van der Waals surface area contributed by atoms with E-state index in [1.54, 1.807) is 0 Å². The Morgan fingerprint density at radius 3 is 2.75 bits per heavy atom. The lowest BCUT2D eigenvalue weighted by Gasteiger charge is -2.19. The molecule has 16 heavy (non-hydrogen) atoms. The van der Waals surface area contributed by atoms with Gasteiger partial charge in [0.05, 0.1) is 10.7 Å². The molecule has 1 amide bonds. The van der Waals surface area contributed by atoms with E-state index in [2.05, 4.69) is 15.9 Å². The van der Waals surface area contributed by atoms with Crippen LogP contribution in [0.5, 0.6) is 0 Å². The molecular formula is C10H9BrClFN2O. The van der Waals surface area contributed by atoms with Gasteiger partial charge >= 0.3 is 0 Å². The molecule has 0 bridgehead atoms. The molecule has 1 aromatic carbocycles. The average Bonchev–Trinajstić information content (AvgIpc) is 2.43. The summed E-state index contributed by atoms with van der Waals surface area (Å²) >= 11 is 9.12. The standard InChI is InChI=1S/C10H9BrClFN2O/c11-7-1-5(13)2-8(12)10(7)15-4-6(14)3-9(15)16/h1-2,6H,3-4,14H2. The summed E-state index contributed by atoms with van der Waals surface area (Å²) in [5.41, 5.74) is 6.18. The van der Waals surface area contributed by atoms with Crippen molar-refractivity contribution in [3.8, 4) is 0 Å². The zero-order valence-corrected chi connectivity index (χ0v) is 10.6. The van der Waals surface area contributed by atoms with Gasteiger partial charge in [-0.25, -0.2) is 4.39 Å². The number of amides is 1. The molecule has 1 aliphatic heterocycles. The Bertz CT molecular complexity index is 431. The molecule has 2 rings (SSSR count). The molecule has 6 heteroatoms. The maximum atomic E-state index is 13.0. The highest BCUT2D eigenvalue weighted by atomic mass is 79.9. The van der Waals surface area contributed by atoms with E-state index in [-0.39, 0.29) is 17.0 Å². The molecule has 3 nitrogen and oxygen atoms in total. The Morgan fingerprint density at radius 1 is 1.56 bits per heavy atom. The van der Waals surface area contributed by atoms with Gasteiger partial charge < -0.3 is 10.6 Å². The molecule has 0 aliphatic carbocycles. The Balaban J connectivity index is 2.44. The topological polar surface area (TPSA) is 46.3 Å². The zero-order chi connectivity index (χ0) is 11.9. The quantitative estimate of drug-likeness (QED) is 0.865. The van der Waals surface area contributed by atoms with Gasteiger partial charge in [0.15, 0.2) is 0 Å². The number of carbonyl (C=O) groups is 1. The lowest BCUT2D eigenvalue weighted by Crippen LogP contribution is -2.28. The minimum atomic E-state index is -0.448. The molecule has 1 unspecified atom stereocenters. The second-order valence-electron chi connectivity index (χ2n) is 3.69. The molecule has 1 atom stereocenters. The maximum absolute atomic E-state index is 13.0. The first-order valence-corrected chi connectivity index (χ1v) is 5.86. The van der Waals surface area contributed by atoms with E-state index in [9.17, 15) is 9.18 Å².